The number of rotatable bonds is 7. The molecule has 0 atom stereocenters. The number of fused-ring (bicyclic) bond motifs is 1. The lowest BCUT2D eigenvalue weighted by molar-refractivity contribution is -0.120. The molecule has 1 aromatic carbocycles. The Morgan fingerprint density at radius 2 is 2.05 bits per heavy atom. The highest BCUT2D eigenvalue weighted by Gasteiger charge is 2.04. The van der Waals surface area contributed by atoms with Crippen LogP contribution in [0.5, 0.6) is 0 Å². The molecule has 0 spiro atoms. The van der Waals surface area contributed by atoms with E-state index in [1.807, 2.05) is 24.3 Å². The summed E-state index contributed by atoms with van der Waals surface area (Å²) in [6.07, 6.45) is 4.09. The molecule has 0 aliphatic heterocycles. The zero-order valence-electron chi connectivity index (χ0n) is 11.7. The van der Waals surface area contributed by atoms with Gasteiger partial charge in [0, 0.05) is 24.9 Å². The van der Waals surface area contributed by atoms with Crippen molar-refractivity contribution in [3.63, 3.8) is 0 Å². The fraction of sp³-hybridized carbons (Fsp3) is 0.400. The van der Waals surface area contributed by atoms with Gasteiger partial charge in [-0.25, -0.2) is 9.97 Å². The molecule has 0 aliphatic carbocycles. The quantitative estimate of drug-likeness (QED) is 0.759. The summed E-state index contributed by atoms with van der Waals surface area (Å²) in [4.78, 5) is 20.0. The number of nitrogens with one attached hydrogen (secondary N) is 2. The van der Waals surface area contributed by atoms with Crippen molar-refractivity contribution in [3.8, 4) is 0 Å². The van der Waals surface area contributed by atoms with Crippen LogP contribution in [0.4, 0.5) is 5.82 Å². The van der Waals surface area contributed by atoms with E-state index in [4.69, 9.17) is 0 Å². The van der Waals surface area contributed by atoms with E-state index in [9.17, 15) is 4.79 Å². The number of anilines is 1. The minimum atomic E-state index is 0.0734. The van der Waals surface area contributed by atoms with Crippen LogP contribution in [-0.4, -0.2) is 29.0 Å². The molecule has 1 aromatic heterocycles. The lowest BCUT2D eigenvalue weighted by Gasteiger charge is -2.08. The average molecular weight is 272 g/mol. The van der Waals surface area contributed by atoms with Crippen molar-refractivity contribution in [3.05, 3.63) is 30.6 Å². The first-order chi connectivity index (χ1) is 9.81. The maximum atomic E-state index is 11.6. The van der Waals surface area contributed by atoms with Crippen molar-refractivity contribution in [1.82, 2.24) is 15.3 Å². The molecule has 106 valence electrons. The van der Waals surface area contributed by atoms with Gasteiger partial charge in [-0.15, -0.1) is 0 Å². The minimum Gasteiger partial charge on any atom is -0.369 e. The molecular weight excluding hydrogens is 252 g/mol. The van der Waals surface area contributed by atoms with Crippen molar-refractivity contribution in [2.75, 3.05) is 18.4 Å². The Morgan fingerprint density at radius 3 is 2.90 bits per heavy atom. The highest BCUT2D eigenvalue weighted by molar-refractivity contribution is 5.88. The van der Waals surface area contributed by atoms with E-state index in [0.29, 0.717) is 13.0 Å². The first-order valence-electron chi connectivity index (χ1n) is 7.01. The van der Waals surface area contributed by atoms with E-state index in [2.05, 4.69) is 27.5 Å². The van der Waals surface area contributed by atoms with Crippen LogP contribution in [-0.2, 0) is 4.79 Å². The van der Waals surface area contributed by atoms with Crippen molar-refractivity contribution < 1.29 is 4.79 Å². The summed E-state index contributed by atoms with van der Waals surface area (Å²) in [5.74, 6) is 0.848. The molecule has 0 saturated carbocycles. The number of nitrogens with zero attached hydrogens (tertiary/aromatic N) is 2. The number of carbonyl (C=O) groups is 1. The van der Waals surface area contributed by atoms with Crippen LogP contribution in [0.1, 0.15) is 26.2 Å². The summed E-state index contributed by atoms with van der Waals surface area (Å²) in [6, 6.07) is 7.81. The molecule has 20 heavy (non-hydrogen) atoms. The van der Waals surface area contributed by atoms with Crippen LogP contribution in [0, 0.1) is 0 Å². The van der Waals surface area contributed by atoms with Gasteiger partial charge in [0.05, 0.1) is 5.52 Å². The third kappa shape index (κ3) is 3.91. The molecule has 0 saturated heterocycles. The average Bonchev–Trinajstić information content (AvgIpc) is 2.48. The first-order valence-corrected chi connectivity index (χ1v) is 7.01. The molecule has 1 heterocycles. The summed E-state index contributed by atoms with van der Waals surface area (Å²) in [6.45, 7) is 3.43. The van der Waals surface area contributed by atoms with Gasteiger partial charge in [0.15, 0.2) is 0 Å². The summed E-state index contributed by atoms with van der Waals surface area (Å²) in [5, 5.41) is 7.07. The standard InChI is InChI=1S/C15H20N4O/c1-2-3-9-16-14(20)8-10-17-15-12-6-4-5-7-13(12)18-11-19-15/h4-7,11H,2-3,8-10H2,1H3,(H,16,20)(H,17,18,19). The number of hydrogen-bond acceptors (Lipinski definition) is 4. The maximum Gasteiger partial charge on any atom is 0.221 e. The van der Waals surface area contributed by atoms with E-state index in [0.717, 1.165) is 36.1 Å². The molecule has 0 fully saturated rings. The minimum absolute atomic E-state index is 0.0734. The normalized spacial score (nSPS) is 10.4. The van der Waals surface area contributed by atoms with Crippen LogP contribution in [0.15, 0.2) is 30.6 Å². The van der Waals surface area contributed by atoms with Crippen molar-refractivity contribution in [2.45, 2.75) is 26.2 Å². The van der Waals surface area contributed by atoms with Crippen LogP contribution in [0.2, 0.25) is 0 Å². The predicted molar refractivity (Wildman–Crippen MR) is 80.6 cm³/mol. The van der Waals surface area contributed by atoms with Crippen LogP contribution >= 0.6 is 0 Å². The third-order valence-corrected chi connectivity index (χ3v) is 3.04. The lowest BCUT2D eigenvalue weighted by Crippen LogP contribution is -2.26. The Hall–Kier alpha value is -2.17. The smallest absolute Gasteiger partial charge is 0.221 e. The summed E-state index contributed by atoms with van der Waals surface area (Å²) >= 11 is 0. The second-order valence-electron chi connectivity index (χ2n) is 4.62. The summed E-state index contributed by atoms with van der Waals surface area (Å²) in [5.41, 5.74) is 0.900. The first kappa shape index (κ1) is 14.2. The molecule has 2 rings (SSSR count). The molecule has 5 nitrogen and oxygen atoms in total. The van der Waals surface area contributed by atoms with Gasteiger partial charge in [-0.1, -0.05) is 25.5 Å². The van der Waals surface area contributed by atoms with Crippen LogP contribution in [0.3, 0.4) is 0 Å². The van der Waals surface area contributed by atoms with E-state index in [-0.39, 0.29) is 5.91 Å². The fourth-order valence-electron chi connectivity index (χ4n) is 1.93. The molecule has 5 heteroatoms. The predicted octanol–water partition coefficient (Wildman–Crippen LogP) is 2.35. The number of amides is 1. The molecule has 0 bridgehead atoms. The number of carbonyl (C=O) groups excluding carboxylic acids is 1. The summed E-state index contributed by atoms with van der Waals surface area (Å²) < 4.78 is 0. The Bertz CT molecular complexity index is 565. The van der Waals surface area contributed by atoms with Gasteiger partial charge < -0.3 is 10.6 Å². The Morgan fingerprint density at radius 1 is 1.20 bits per heavy atom. The van der Waals surface area contributed by atoms with E-state index in [1.165, 1.54) is 6.33 Å². The molecule has 0 unspecified atom stereocenters. The Kier molecular flexibility index (Phi) is 5.29. The zero-order valence-corrected chi connectivity index (χ0v) is 11.7. The lowest BCUT2D eigenvalue weighted by atomic mass is 10.2. The van der Waals surface area contributed by atoms with Crippen molar-refractivity contribution in [2.24, 2.45) is 0 Å². The van der Waals surface area contributed by atoms with Crippen LogP contribution in [0.25, 0.3) is 10.9 Å². The molecule has 2 N–H and O–H groups in total. The second kappa shape index (κ2) is 7.43. The molecule has 2 aromatic rings. The third-order valence-electron chi connectivity index (χ3n) is 3.04. The molecular formula is C15H20N4O. The van der Waals surface area contributed by atoms with E-state index >= 15 is 0 Å². The van der Waals surface area contributed by atoms with Crippen molar-refractivity contribution in [1.29, 1.82) is 0 Å². The number of hydrogen-bond donors (Lipinski definition) is 2. The monoisotopic (exact) mass is 272 g/mol. The van der Waals surface area contributed by atoms with Gasteiger partial charge in [-0.2, -0.15) is 0 Å². The Labute approximate surface area is 118 Å². The summed E-state index contributed by atoms with van der Waals surface area (Å²) in [7, 11) is 0. The number of aromatic nitrogens is 2. The van der Waals surface area contributed by atoms with Gasteiger partial charge in [-0.3, -0.25) is 4.79 Å². The van der Waals surface area contributed by atoms with Gasteiger partial charge in [-0.05, 0) is 18.6 Å². The number of para-hydroxylation sites is 1. The number of unbranched alkanes of at least 4 members (excludes halogenated alkanes) is 1. The van der Waals surface area contributed by atoms with Gasteiger partial charge >= 0.3 is 0 Å². The van der Waals surface area contributed by atoms with E-state index < -0.39 is 0 Å². The zero-order chi connectivity index (χ0) is 14.2. The highest BCUT2D eigenvalue weighted by atomic mass is 16.1. The van der Waals surface area contributed by atoms with Gasteiger partial charge in [0.1, 0.15) is 12.1 Å². The highest BCUT2D eigenvalue weighted by Crippen LogP contribution is 2.17. The molecule has 0 aliphatic rings. The van der Waals surface area contributed by atoms with Crippen molar-refractivity contribution >= 4 is 22.6 Å². The second-order valence-corrected chi connectivity index (χ2v) is 4.62. The largest absolute Gasteiger partial charge is 0.369 e. The van der Waals surface area contributed by atoms with Gasteiger partial charge in [0.25, 0.3) is 0 Å². The fourth-order valence-corrected chi connectivity index (χ4v) is 1.93. The molecule has 1 amide bonds. The van der Waals surface area contributed by atoms with E-state index in [1.54, 1.807) is 0 Å². The molecule has 0 radical (unpaired) electrons. The van der Waals surface area contributed by atoms with Gasteiger partial charge in [0.2, 0.25) is 5.91 Å². The SMILES string of the molecule is CCCCNC(=O)CCNc1ncnc2ccccc12. The number of benzene rings is 1. The maximum absolute atomic E-state index is 11.6. The Balaban J connectivity index is 1.85. The van der Waals surface area contributed by atoms with Crippen LogP contribution < -0.4 is 10.6 Å². The topological polar surface area (TPSA) is 66.9 Å².